The molecule has 0 atom stereocenters. The Morgan fingerprint density at radius 2 is 2.14 bits per heavy atom. The lowest BCUT2D eigenvalue weighted by Gasteiger charge is -2.00. The van der Waals surface area contributed by atoms with Crippen molar-refractivity contribution in [3.8, 4) is 0 Å². The molecule has 0 aliphatic carbocycles. The molecule has 0 aromatic carbocycles. The summed E-state index contributed by atoms with van der Waals surface area (Å²) in [5, 5.41) is 4.86. The van der Waals surface area contributed by atoms with Crippen molar-refractivity contribution in [2.75, 3.05) is 5.32 Å². The van der Waals surface area contributed by atoms with Gasteiger partial charge < -0.3 is 11.1 Å². The van der Waals surface area contributed by atoms with Crippen molar-refractivity contribution in [3.05, 3.63) is 5.69 Å². The average molecular weight is 222 g/mol. The van der Waals surface area contributed by atoms with Gasteiger partial charge in [0.25, 0.3) is 11.8 Å². The van der Waals surface area contributed by atoms with Crippen LogP contribution in [0.15, 0.2) is 0 Å². The molecule has 1 heterocycles. The second-order valence-corrected chi connectivity index (χ2v) is 2.86. The molecule has 0 saturated heterocycles. The molecule has 1 aromatic heterocycles. The second-order valence-electron chi connectivity index (χ2n) is 2.10. The molecule has 0 aliphatic rings. The molecule has 0 spiro atoms. The van der Waals surface area contributed by atoms with Crippen LogP contribution >= 0.6 is 11.5 Å². The Bertz CT molecular complexity index is 366. The van der Waals surface area contributed by atoms with Crippen LogP contribution in [-0.2, 0) is 4.79 Å². The fourth-order valence-electron chi connectivity index (χ4n) is 0.600. The van der Waals surface area contributed by atoms with Gasteiger partial charge in [-0.25, -0.2) is 0 Å². The van der Waals surface area contributed by atoms with Gasteiger partial charge in [0, 0.05) is 11.5 Å². The summed E-state index contributed by atoms with van der Waals surface area (Å²) >= 11 is 0.596. The summed E-state index contributed by atoms with van der Waals surface area (Å²) in [7, 11) is 0. The predicted molar refractivity (Wildman–Crippen MR) is 43.1 cm³/mol. The fraction of sp³-hybridized carbons (Fsp3) is 0.200. The maximum absolute atomic E-state index is 11.8. The molecule has 1 rings (SSSR count). The maximum Gasteiger partial charge on any atom is 0.315 e. The van der Waals surface area contributed by atoms with Gasteiger partial charge in [0.2, 0.25) is 0 Å². The first-order valence-corrected chi connectivity index (χ1v) is 4.01. The Morgan fingerprint density at radius 3 is 2.64 bits per heavy atom. The number of aromatic nitrogens is 2. The zero-order valence-corrected chi connectivity index (χ0v) is 7.35. The Morgan fingerprint density at radius 1 is 1.50 bits per heavy atom. The molecular formula is C5H4F2N4O2S. The standard InChI is InChI=1S/C5H4F2N4O2S/c6-2(7)4(13)9-5-1(3(8)12)10-11-14-5/h2H,(H2,8,12)(H,9,13). The van der Waals surface area contributed by atoms with Crippen LogP contribution in [0.1, 0.15) is 10.5 Å². The minimum absolute atomic E-state index is 0.178. The van der Waals surface area contributed by atoms with Crippen molar-refractivity contribution < 1.29 is 18.4 Å². The Hall–Kier alpha value is -1.64. The highest BCUT2D eigenvalue weighted by atomic mass is 32.1. The molecule has 0 bridgehead atoms. The lowest BCUT2D eigenvalue weighted by molar-refractivity contribution is -0.126. The van der Waals surface area contributed by atoms with E-state index in [0.717, 1.165) is 0 Å². The molecule has 0 saturated carbocycles. The summed E-state index contributed by atoms with van der Waals surface area (Å²) in [5.41, 5.74) is 4.51. The van der Waals surface area contributed by atoms with Gasteiger partial charge in [0.05, 0.1) is 0 Å². The monoisotopic (exact) mass is 222 g/mol. The van der Waals surface area contributed by atoms with Gasteiger partial charge in [0.15, 0.2) is 5.69 Å². The van der Waals surface area contributed by atoms with Gasteiger partial charge in [-0.15, -0.1) is 5.10 Å². The van der Waals surface area contributed by atoms with Gasteiger partial charge in [-0.2, -0.15) is 8.78 Å². The number of hydrogen-bond donors (Lipinski definition) is 2. The molecule has 2 amide bonds. The molecule has 9 heteroatoms. The number of nitrogens with one attached hydrogen (secondary N) is 1. The lowest BCUT2D eigenvalue weighted by Crippen LogP contribution is -2.22. The van der Waals surface area contributed by atoms with Crippen LogP contribution in [0.2, 0.25) is 0 Å². The number of anilines is 1. The zero-order chi connectivity index (χ0) is 10.7. The third kappa shape index (κ3) is 2.19. The molecule has 14 heavy (non-hydrogen) atoms. The first-order chi connectivity index (χ1) is 6.52. The molecule has 0 aliphatic heterocycles. The van der Waals surface area contributed by atoms with Crippen LogP contribution < -0.4 is 11.1 Å². The van der Waals surface area contributed by atoms with E-state index in [9.17, 15) is 18.4 Å². The molecule has 1 aromatic rings. The van der Waals surface area contributed by atoms with E-state index in [2.05, 4.69) is 9.59 Å². The van der Waals surface area contributed by atoms with Crippen molar-refractivity contribution in [2.45, 2.75) is 6.43 Å². The highest BCUT2D eigenvalue weighted by Gasteiger charge is 2.20. The number of alkyl halides is 2. The van der Waals surface area contributed by atoms with Crippen molar-refractivity contribution in [1.82, 2.24) is 9.59 Å². The van der Waals surface area contributed by atoms with Crippen LogP contribution in [0.4, 0.5) is 13.8 Å². The zero-order valence-electron chi connectivity index (χ0n) is 6.53. The Kier molecular flexibility index (Phi) is 3.02. The van der Waals surface area contributed by atoms with Gasteiger partial charge in [-0.1, -0.05) is 4.49 Å². The normalized spacial score (nSPS) is 10.2. The van der Waals surface area contributed by atoms with Crippen molar-refractivity contribution in [2.24, 2.45) is 5.73 Å². The van der Waals surface area contributed by atoms with Crippen LogP contribution in [0.25, 0.3) is 0 Å². The van der Waals surface area contributed by atoms with Crippen LogP contribution in [0.5, 0.6) is 0 Å². The minimum atomic E-state index is -3.17. The summed E-state index contributed by atoms with van der Waals surface area (Å²) in [5.74, 6) is -2.47. The Balaban J connectivity index is 2.82. The smallest absolute Gasteiger partial charge is 0.315 e. The summed E-state index contributed by atoms with van der Waals surface area (Å²) in [6, 6.07) is 0. The largest absolute Gasteiger partial charge is 0.364 e. The Labute approximate surface area is 80.3 Å². The predicted octanol–water partition coefficient (Wildman–Crippen LogP) is -0.159. The molecular weight excluding hydrogens is 218 g/mol. The van der Waals surface area contributed by atoms with Gasteiger partial charge in [-0.05, 0) is 0 Å². The van der Waals surface area contributed by atoms with Crippen LogP contribution in [-0.4, -0.2) is 27.8 Å². The van der Waals surface area contributed by atoms with Crippen molar-refractivity contribution in [3.63, 3.8) is 0 Å². The highest BCUT2D eigenvalue weighted by Crippen LogP contribution is 2.17. The SMILES string of the molecule is NC(=O)c1nnsc1NC(=O)C(F)F. The molecule has 0 unspecified atom stereocenters. The average Bonchev–Trinajstić information content (AvgIpc) is 2.52. The highest BCUT2D eigenvalue weighted by molar-refractivity contribution is 7.10. The van der Waals surface area contributed by atoms with E-state index in [0.29, 0.717) is 11.5 Å². The van der Waals surface area contributed by atoms with Crippen LogP contribution in [0.3, 0.4) is 0 Å². The van der Waals surface area contributed by atoms with E-state index >= 15 is 0 Å². The van der Waals surface area contributed by atoms with E-state index in [1.54, 1.807) is 5.32 Å². The number of amides is 2. The van der Waals surface area contributed by atoms with E-state index in [1.165, 1.54) is 0 Å². The maximum atomic E-state index is 11.8. The van der Waals surface area contributed by atoms with Gasteiger partial charge in [-0.3, -0.25) is 9.59 Å². The number of hydrogen-bond acceptors (Lipinski definition) is 5. The van der Waals surface area contributed by atoms with Crippen molar-refractivity contribution >= 4 is 28.3 Å². The first-order valence-electron chi connectivity index (χ1n) is 3.23. The molecule has 76 valence electrons. The fourth-order valence-corrected chi connectivity index (χ4v) is 1.18. The number of nitrogens with zero attached hydrogens (tertiary/aromatic N) is 2. The minimum Gasteiger partial charge on any atom is -0.364 e. The number of halogens is 2. The van der Waals surface area contributed by atoms with E-state index < -0.39 is 18.2 Å². The topological polar surface area (TPSA) is 98.0 Å². The van der Waals surface area contributed by atoms with Gasteiger partial charge >= 0.3 is 6.43 Å². The van der Waals surface area contributed by atoms with Gasteiger partial charge in [0.1, 0.15) is 5.00 Å². The number of carbonyl (C=O) groups excluding carboxylic acids is 2. The van der Waals surface area contributed by atoms with E-state index in [-0.39, 0.29) is 10.7 Å². The van der Waals surface area contributed by atoms with E-state index in [1.807, 2.05) is 0 Å². The molecule has 6 nitrogen and oxygen atoms in total. The number of nitrogens with two attached hydrogens (primary N) is 1. The molecule has 0 radical (unpaired) electrons. The summed E-state index contributed by atoms with van der Waals surface area (Å²) < 4.78 is 26.9. The third-order valence-corrected chi connectivity index (χ3v) is 1.80. The lowest BCUT2D eigenvalue weighted by atomic mass is 10.4. The summed E-state index contributed by atoms with van der Waals surface area (Å²) in [4.78, 5) is 21.1. The summed E-state index contributed by atoms with van der Waals surface area (Å²) in [6.07, 6.45) is -3.17. The molecule has 3 N–H and O–H groups in total. The third-order valence-electron chi connectivity index (χ3n) is 1.16. The van der Waals surface area contributed by atoms with Crippen molar-refractivity contribution in [1.29, 1.82) is 0 Å². The number of carbonyl (C=O) groups is 2. The number of primary amides is 1. The first kappa shape index (κ1) is 10.4. The second kappa shape index (κ2) is 4.05. The number of rotatable bonds is 3. The van der Waals surface area contributed by atoms with Crippen LogP contribution in [0, 0.1) is 0 Å². The van der Waals surface area contributed by atoms with E-state index in [4.69, 9.17) is 5.73 Å². The summed E-state index contributed by atoms with van der Waals surface area (Å²) in [6.45, 7) is 0. The quantitative estimate of drug-likeness (QED) is 0.742. The molecule has 0 fully saturated rings.